The number of hydrogen-bond donors (Lipinski definition) is 0. The molecule has 3 rings (SSSR count). The van der Waals surface area contributed by atoms with Crippen LogP contribution in [0.1, 0.15) is 38.1 Å². The zero-order valence-electron chi connectivity index (χ0n) is 16.7. The fourth-order valence-corrected chi connectivity index (χ4v) is 3.93. The molecule has 29 heavy (non-hydrogen) atoms. The van der Waals surface area contributed by atoms with Gasteiger partial charge in [0.05, 0.1) is 6.54 Å². The van der Waals surface area contributed by atoms with Crippen LogP contribution in [-0.2, 0) is 16.0 Å². The van der Waals surface area contributed by atoms with Gasteiger partial charge < -0.3 is 4.74 Å². The van der Waals surface area contributed by atoms with Gasteiger partial charge in [0.2, 0.25) is 5.91 Å². The van der Waals surface area contributed by atoms with E-state index in [9.17, 15) is 9.59 Å². The fourth-order valence-electron chi connectivity index (χ4n) is 3.34. The molecule has 2 amide bonds. The molecule has 0 aromatic heterocycles. The molecule has 2 aromatic carbocycles. The fraction of sp³-hybridized carbons (Fsp3) is 0.364. The molecule has 0 radical (unpaired) electrons. The number of hydrogen-bond acceptors (Lipinski definition) is 4. The molecule has 0 spiro atoms. The molecule has 2 aromatic rings. The number of imide groups is 1. The SMILES string of the molecule is CC(C)(C)OC(=O)N1C(=O)CN(CCc2ccccc2)[C@H]1c1c(Cl)cccc1Cl. The molecule has 1 fully saturated rings. The van der Waals surface area contributed by atoms with Gasteiger partial charge in [-0.05, 0) is 44.9 Å². The second-order valence-corrected chi connectivity index (χ2v) is 8.77. The van der Waals surface area contributed by atoms with Crippen LogP contribution < -0.4 is 0 Å². The maximum absolute atomic E-state index is 12.9. The topological polar surface area (TPSA) is 49.9 Å². The van der Waals surface area contributed by atoms with Gasteiger partial charge in [-0.25, -0.2) is 9.69 Å². The van der Waals surface area contributed by atoms with E-state index in [1.165, 1.54) is 0 Å². The Labute approximate surface area is 181 Å². The number of ether oxygens (including phenoxy) is 1. The summed E-state index contributed by atoms with van der Waals surface area (Å²) in [6.07, 6.45) is -0.706. The predicted molar refractivity (Wildman–Crippen MR) is 114 cm³/mol. The van der Waals surface area contributed by atoms with Crippen LogP contribution in [0, 0.1) is 0 Å². The molecular formula is C22H24Cl2N2O3. The van der Waals surface area contributed by atoms with Crippen LogP contribution >= 0.6 is 23.2 Å². The first-order valence-corrected chi connectivity index (χ1v) is 10.2. The number of carbonyl (C=O) groups is 2. The molecule has 5 nitrogen and oxygen atoms in total. The highest BCUT2D eigenvalue weighted by molar-refractivity contribution is 6.36. The Bertz CT molecular complexity index is 876. The van der Waals surface area contributed by atoms with Gasteiger partial charge in [0.25, 0.3) is 0 Å². The Morgan fingerprint density at radius 2 is 1.69 bits per heavy atom. The minimum atomic E-state index is -0.732. The Hall–Kier alpha value is -2.08. The van der Waals surface area contributed by atoms with Crippen molar-refractivity contribution in [3.63, 3.8) is 0 Å². The van der Waals surface area contributed by atoms with Gasteiger partial charge in [-0.1, -0.05) is 59.6 Å². The molecule has 1 atom stereocenters. The van der Waals surface area contributed by atoms with Crippen LogP contribution in [0.4, 0.5) is 4.79 Å². The van der Waals surface area contributed by atoms with Gasteiger partial charge in [-0.2, -0.15) is 0 Å². The Balaban J connectivity index is 1.95. The van der Waals surface area contributed by atoms with Crippen molar-refractivity contribution in [2.24, 2.45) is 0 Å². The second kappa shape index (κ2) is 8.74. The van der Waals surface area contributed by atoms with Crippen molar-refractivity contribution in [3.05, 3.63) is 69.7 Å². The zero-order valence-corrected chi connectivity index (χ0v) is 18.2. The standard InChI is InChI=1S/C22H24Cl2N2O3/c1-22(2,3)29-21(28)26-18(27)14-25(13-12-15-8-5-4-6-9-15)20(26)19-16(23)10-7-11-17(19)24/h4-11,20H,12-14H2,1-3H3/t20-/m1/s1. The molecule has 0 bridgehead atoms. The summed E-state index contributed by atoms with van der Waals surface area (Å²) in [7, 11) is 0. The Morgan fingerprint density at radius 1 is 1.07 bits per heavy atom. The second-order valence-electron chi connectivity index (χ2n) is 7.96. The lowest BCUT2D eigenvalue weighted by molar-refractivity contribution is -0.127. The normalized spacial score (nSPS) is 17.6. The predicted octanol–water partition coefficient (Wildman–Crippen LogP) is 5.31. The van der Waals surface area contributed by atoms with Crippen molar-refractivity contribution in [2.45, 2.75) is 39.0 Å². The third-order valence-electron chi connectivity index (χ3n) is 4.58. The van der Waals surface area contributed by atoms with E-state index < -0.39 is 17.9 Å². The van der Waals surface area contributed by atoms with E-state index in [4.69, 9.17) is 27.9 Å². The number of carbonyl (C=O) groups excluding carboxylic acids is 2. The quantitative estimate of drug-likeness (QED) is 0.653. The molecule has 1 heterocycles. The van der Waals surface area contributed by atoms with E-state index in [-0.39, 0.29) is 12.5 Å². The monoisotopic (exact) mass is 434 g/mol. The van der Waals surface area contributed by atoms with Crippen LogP contribution in [0.3, 0.4) is 0 Å². The number of benzene rings is 2. The Morgan fingerprint density at radius 3 is 2.28 bits per heavy atom. The van der Waals surface area contributed by atoms with Crippen LogP contribution in [0.25, 0.3) is 0 Å². The maximum atomic E-state index is 12.9. The van der Waals surface area contributed by atoms with E-state index in [1.807, 2.05) is 35.2 Å². The zero-order chi connectivity index (χ0) is 21.2. The summed E-state index contributed by atoms with van der Waals surface area (Å²) < 4.78 is 5.49. The largest absolute Gasteiger partial charge is 0.443 e. The molecular weight excluding hydrogens is 411 g/mol. The lowest BCUT2D eigenvalue weighted by Gasteiger charge is -2.31. The highest BCUT2D eigenvalue weighted by Crippen LogP contribution is 2.39. The third kappa shape index (κ3) is 5.10. The maximum Gasteiger partial charge on any atom is 0.418 e. The van der Waals surface area contributed by atoms with Gasteiger partial charge in [0.15, 0.2) is 0 Å². The minimum Gasteiger partial charge on any atom is -0.443 e. The van der Waals surface area contributed by atoms with Crippen molar-refractivity contribution < 1.29 is 14.3 Å². The lowest BCUT2D eigenvalue weighted by atomic mass is 10.1. The van der Waals surface area contributed by atoms with Gasteiger partial charge in [0, 0.05) is 22.2 Å². The summed E-state index contributed by atoms with van der Waals surface area (Å²) in [5.74, 6) is -0.340. The molecule has 1 aliphatic rings. The first-order valence-electron chi connectivity index (χ1n) is 9.44. The summed E-state index contributed by atoms with van der Waals surface area (Å²) in [5.41, 5.74) is 0.934. The smallest absolute Gasteiger partial charge is 0.418 e. The van der Waals surface area contributed by atoms with Crippen LogP contribution in [0.5, 0.6) is 0 Å². The molecule has 0 unspecified atom stereocenters. The summed E-state index contributed by atoms with van der Waals surface area (Å²) in [4.78, 5) is 28.7. The molecule has 154 valence electrons. The first kappa shape index (κ1) is 21.6. The van der Waals surface area contributed by atoms with Gasteiger partial charge in [-0.3, -0.25) is 9.69 Å². The Kier molecular flexibility index (Phi) is 6.52. The van der Waals surface area contributed by atoms with Gasteiger partial charge >= 0.3 is 6.09 Å². The molecule has 0 saturated carbocycles. The van der Waals surface area contributed by atoms with Crippen molar-refractivity contribution in [1.82, 2.24) is 9.80 Å². The van der Waals surface area contributed by atoms with Crippen molar-refractivity contribution in [3.8, 4) is 0 Å². The van der Waals surface area contributed by atoms with Crippen molar-refractivity contribution in [1.29, 1.82) is 0 Å². The highest BCUT2D eigenvalue weighted by atomic mass is 35.5. The summed E-state index contributed by atoms with van der Waals surface area (Å²) in [5, 5.41) is 0.797. The minimum absolute atomic E-state index is 0.0816. The molecule has 0 aliphatic carbocycles. The molecule has 7 heteroatoms. The van der Waals surface area contributed by atoms with E-state index >= 15 is 0 Å². The number of rotatable bonds is 4. The third-order valence-corrected chi connectivity index (χ3v) is 5.24. The van der Waals surface area contributed by atoms with Crippen molar-refractivity contribution >= 4 is 35.2 Å². The molecule has 1 aliphatic heterocycles. The van der Waals surface area contributed by atoms with E-state index in [0.29, 0.717) is 22.2 Å². The first-order chi connectivity index (χ1) is 13.7. The number of halogens is 2. The summed E-state index contributed by atoms with van der Waals surface area (Å²) >= 11 is 12.9. The summed E-state index contributed by atoms with van der Waals surface area (Å²) in [6, 6.07) is 15.1. The molecule has 0 N–H and O–H groups in total. The van der Waals surface area contributed by atoms with Crippen LogP contribution in [-0.4, -0.2) is 40.5 Å². The van der Waals surface area contributed by atoms with E-state index in [2.05, 4.69) is 0 Å². The lowest BCUT2D eigenvalue weighted by Crippen LogP contribution is -2.41. The average molecular weight is 435 g/mol. The summed E-state index contributed by atoms with van der Waals surface area (Å²) in [6.45, 7) is 5.92. The van der Waals surface area contributed by atoms with Crippen molar-refractivity contribution in [2.75, 3.05) is 13.1 Å². The number of amides is 2. The average Bonchev–Trinajstić information content (AvgIpc) is 2.95. The van der Waals surface area contributed by atoms with Crippen LogP contribution in [0.2, 0.25) is 10.0 Å². The van der Waals surface area contributed by atoms with Gasteiger partial charge in [-0.15, -0.1) is 0 Å². The van der Waals surface area contributed by atoms with E-state index in [0.717, 1.165) is 16.9 Å². The van der Waals surface area contributed by atoms with Gasteiger partial charge in [0.1, 0.15) is 11.8 Å². The number of nitrogens with zero attached hydrogens (tertiary/aromatic N) is 2. The van der Waals surface area contributed by atoms with Crippen LogP contribution in [0.15, 0.2) is 48.5 Å². The molecule has 1 saturated heterocycles. The van der Waals surface area contributed by atoms with E-state index in [1.54, 1.807) is 39.0 Å². The highest BCUT2D eigenvalue weighted by Gasteiger charge is 2.45.